The van der Waals surface area contributed by atoms with E-state index in [2.05, 4.69) is 31.1 Å². The van der Waals surface area contributed by atoms with Crippen molar-refractivity contribution in [1.29, 1.82) is 0 Å². The van der Waals surface area contributed by atoms with Crippen LogP contribution < -0.4 is 20.4 Å². The zero-order valence-electron chi connectivity index (χ0n) is 26.4. The molecule has 4 aromatic carbocycles. The maximum Gasteiger partial charge on any atom is 0.251 e. The van der Waals surface area contributed by atoms with Crippen LogP contribution in [-0.2, 0) is 0 Å². The highest BCUT2D eigenvalue weighted by Gasteiger charge is 2.07. The Morgan fingerprint density at radius 2 is 0.783 bits per heavy atom. The number of benzene rings is 4. The van der Waals surface area contributed by atoms with Crippen molar-refractivity contribution in [2.45, 2.75) is 0 Å². The Labute approximate surface area is 278 Å². The van der Waals surface area contributed by atoms with E-state index in [1.54, 1.807) is 70.1 Å². The summed E-state index contributed by atoms with van der Waals surface area (Å²) in [5.41, 5.74) is 6.20. The average Bonchev–Trinajstić information content (AvgIpc) is 3.08. The Kier molecular flexibility index (Phi) is 13.2. The van der Waals surface area contributed by atoms with Gasteiger partial charge in [-0.25, -0.2) is 0 Å². The van der Waals surface area contributed by atoms with Crippen LogP contribution in [0.3, 0.4) is 0 Å². The van der Waals surface area contributed by atoms with Gasteiger partial charge in [0.05, 0.1) is 22.7 Å². The van der Waals surface area contributed by atoms with Crippen LogP contribution in [0, 0.1) is 0 Å². The van der Waals surface area contributed by atoms with Crippen molar-refractivity contribution < 1.29 is 9.59 Å². The molecule has 2 amide bonds. The van der Waals surface area contributed by atoms with Gasteiger partial charge in [-0.3, -0.25) is 9.59 Å². The molecule has 0 spiro atoms. The van der Waals surface area contributed by atoms with Gasteiger partial charge < -0.3 is 20.4 Å². The molecule has 4 rings (SSSR count). The lowest BCUT2D eigenvalue weighted by Crippen LogP contribution is -2.26. The van der Waals surface area contributed by atoms with Crippen molar-refractivity contribution >= 4 is 67.5 Å². The molecule has 0 fully saturated rings. The Hall–Kier alpha value is -4.68. The fraction of sp³-hybridized carbons (Fsp3) is 0.235. The van der Waals surface area contributed by atoms with Gasteiger partial charge in [-0.15, -0.1) is 0 Å². The van der Waals surface area contributed by atoms with Crippen LogP contribution in [0.15, 0.2) is 118 Å². The minimum absolute atomic E-state index is 0.133. The molecule has 0 heterocycles. The van der Waals surface area contributed by atoms with E-state index in [0.29, 0.717) is 35.6 Å². The molecule has 0 aliphatic carbocycles. The summed E-state index contributed by atoms with van der Waals surface area (Å²) >= 11 is 0. The fourth-order valence-corrected chi connectivity index (χ4v) is 5.77. The van der Waals surface area contributed by atoms with Gasteiger partial charge in [0.1, 0.15) is 0 Å². The van der Waals surface area contributed by atoms with Gasteiger partial charge in [-0.1, -0.05) is 21.6 Å². The van der Waals surface area contributed by atoms with Gasteiger partial charge in [-0.05, 0) is 97.1 Å². The van der Waals surface area contributed by atoms with Crippen LogP contribution in [0.4, 0.5) is 34.1 Å². The smallest absolute Gasteiger partial charge is 0.251 e. The number of nitrogens with zero attached hydrogens (tertiary/aromatic N) is 6. The number of hydrogen-bond acceptors (Lipinski definition) is 10. The monoisotopic (exact) mass is 654 g/mol. The molecule has 0 saturated heterocycles. The van der Waals surface area contributed by atoms with E-state index in [1.807, 2.05) is 86.5 Å². The van der Waals surface area contributed by atoms with Gasteiger partial charge in [0.25, 0.3) is 11.8 Å². The third kappa shape index (κ3) is 11.0. The second-order valence-corrected chi connectivity index (χ2v) is 13.2. The highest BCUT2D eigenvalue weighted by atomic mass is 33.1. The molecule has 0 aliphatic rings. The first kappa shape index (κ1) is 34.2. The number of carbonyl (C=O) groups is 2. The number of azo groups is 2. The lowest BCUT2D eigenvalue weighted by Gasteiger charge is -2.11. The Balaban J connectivity index is 1.07. The summed E-state index contributed by atoms with van der Waals surface area (Å²) in [4.78, 5) is 29.0. The van der Waals surface area contributed by atoms with Gasteiger partial charge in [-0.2, -0.15) is 20.5 Å². The number of rotatable bonds is 15. The first-order chi connectivity index (χ1) is 22.3. The van der Waals surface area contributed by atoms with Crippen molar-refractivity contribution in [3.63, 3.8) is 0 Å². The predicted molar refractivity (Wildman–Crippen MR) is 192 cm³/mol. The molecule has 0 radical (unpaired) electrons. The van der Waals surface area contributed by atoms with Crippen LogP contribution in [0.2, 0.25) is 0 Å². The highest BCUT2D eigenvalue weighted by Crippen LogP contribution is 2.23. The fourth-order valence-electron chi connectivity index (χ4n) is 3.96. The Bertz CT molecular complexity index is 1480. The van der Waals surface area contributed by atoms with Crippen molar-refractivity contribution in [2.24, 2.45) is 20.5 Å². The topological polar surface area (TPSA) is 114 Å². The van der Waals surface area contributed by atoms with Gasteiger partial charge in [0.15, 0.2) is 0 Å². The summed E-state index contributed by atoms with van der Waals surface area (Å²) < 4.78 is 0. The predicted octanol–water partition coefficient (Wildman–Crippen LogP) is 8.19. The number of amides is 2. The quantitative estimate of drug-likeness (QED) is 0.0759. The van der Waals surface area contributed by atoms with Gasteiger partial charge in [0, 0.05) is 75.3 Å². The lowest BCUT2D eigenvalue weighted by atomic mass is 10.2. The van der Waals surface area contributed by atoms with Gasteiger partial charge in [0.2, 0.25) is 0 Å². The van der Waals surface area contributed by atoms with E-state index in [4.69, 9.17) is 0 Å². The number of hydrogen-bond donors (Lipinski definition) is 2. The summed E-state index contributed by atoms with van der Waals surface area (Å²) in [7, 11) is 11.3. The molecule has 10 nitrogen and oxygen atoms in total. The van der Waals surface area contributed by atoms with E-state index in [1.165, 1.54) is 0 Å². The minimum atomic E-state index is -0.133. The molecular weight excluding hydrogens is 617 g/mol. The second kappa shape index (κ2) is 17.7. The molecule has 2 N–H and O–H groups in total. The Morgan fingerprint density at radius 3 is 1.07 bits per heavy atom. The van der Waals surface area contributed by atoms with E-state index in [9.17, 15) is 9.59 Å². The molecule has 46 heavy (non-hydrogen) atoms. The van der Waals surface area contributed by atoms with Gasteiger partial charge >= 0.3 is 0 Å². The number of carbonyl (C=O) groups excluding carboxylic acids is 2. The SMILES string of the molecule is CN(C)c1ccc(/N=N/c2ccc(C(=O)NCCSSCCNC(=O)c3ccc(/N=N/c4ccc(N(C)C)cc4)cc3)cc2)cc1. The van der Waals surface area contributed by atoms with Crippen LogP contribution in [0.5, 0.6) is 0 Å². The number of anilines is 2. The molecule has 0 aromatic heterocycles. The first-order valence-corrected chi connectivity index (χ1v) is 17.2. The summed E-state index contributed by atoms with van der Waals surface area (Å²) in [5.74, 6) is 1.23. The molecular formula is C34H38N8O2S2. The van der Waals surface area contributed by atoms with Crippen molar-refractivity contribution in [3.05, 3.63) is 108 Å². The molecule has 4 aromatic rings. The standard InChI is InChI=1S/C34H38N8O2S2/c1-41(2)31-17-13-29(14-18-31)39-37-27-9-5-25(6-10-27)33(43)35-21-23-45-46-24-22-36-34(44)26-7-11-28(12-8-26)38-40-30-15-19-32(20-16-30)42(3)4/h5-20H,21-24H2,1-4H3,(H,35,43)(H,36,44)/b39-37+,40-38+. The summed E-state index contributed by atoms with van der Waals surface area (Å²) in [6, 6.07) is 29.7. The van der Waals surface area contributed by atoms with Crippen molar-refractivity contribution in [3.8, 4) is 0 Å². The molecule has 0 aliphatic heterocycles. The van der Waals surface area contributed by atoms with Crippen molar-refractivity contribution in [2.75, 3.05) is 62.6 Å². The molecule has 0 atom stereocenters. The van der Waals surface area contributed by atoms with Crippen LogP contribution in [0.25, 0.3) is 0 Å². The van der Waals surface area contributed by atoms with E-state index < -0.39 is 0 Å². The third-order valence-corrected chi connectivity index (χ3v) is 8.99. The van der Waals surface area contributed by atoms with Crippen LogP contribution >= 0.6 is 21.6 Å². The normalized spacial score (nSPS) is 11.1. The number of nitrogens with one attached hydrogen (secondary N) is 2. The molecule has 0 bridgehead atoms. The van der Waals surface area contributed by atoms with E-state index in [0.717, 1.165) is 34.3 Å². The van der Waals surface area contributed by atoms with E-state index in [-0.39, 0.29) is 11.8 Å². The maximum absolute atomic E-state index is 12.5. The zero-order chi connectivity index (χ0) is 32.7. The van der Waals surface area contributed by atoms with Crippen molar-refractivity contribution in [1.82, 2.24) is 10.6 Å². The third-order valence-electron chi connectivity index (χ3n) is 6.58. The molecule has 12 heteroatoms. The largest absolute Gasteiger partial charge is 0.378 e. The highest BCUT2D eigenvalue weighted by molar-refractivity contribution is 8.76. The van der Waals surface area contributed by atoms with Crippen LogP contribution in [0.1, 0.15) is 20.7 Å². The first-order valence-electron chi connectivity index (χ1n) is 14.7. The molecule has 0 unspecified atom stereocenters. The maximum atomic E-state index is 12.5. The molecule has 238 valence electrons. The summed E-state index contributed by atoms with van der Waals surface area (Å²) in [6.45, 7) is 1.08. The second-order valence-electron chi connectivity index (χ2n) is 10.5. The minimum Gasteiger partial charge on any atom is -0.378 e. The van der Waals surface area contributed by atoms with E-state index >= 15 is 0 Å². The van der Waals surface area contributed by atoms with Crippen LogP contribution in [-0.4, -0.2) is 64.6 Å². The lowest BCUT2D eigenvalue weighted by molar-refractivity contribution is 0.0948. The average molecular weight is 655 g/mol. The summed E-state index contributed by atoms with van der Waals surface area (Å²) in [5, 5.41) is 22.9. The zero-order valence-corrected chi connectivity index (χ0v) is 28.0. The Morgan fingerprint density at radius 1 is 0.500 bits per heavy atom. The summed E-state index contributed by atoms with van der Waals surface area (Å²) in [6.07, 6.45) is 0. The molecule has 0 saturated carbocycles.